The molecule has 2 heteroatoms. The lowest BCUT2D eigenvalue weighted by Crippen LogP contribution is -2.10. The number of fused-ring (bicyclic) bond motifs is 6. The molecule has 2 nitrogen and oxygen atoms in total. The number of para-hydroxylation sites is 2. The number of aromatic nitrogens is 1. The SMILES string of the molecule is c1ccc(-c2ccc3ccc(-c4ccc5cc(N(c6ccc7ccccc7c6)c6cccc7c6c6ccccc6n7-c6ccccc6)ccc5c4)cc3c2)cc1. The number of benzene rings is 10. The summed E-state index contributed by atoms with van der Waals surface area (Å²) in [5.41, 5.74) is 11.8. The second-order valence-electron chi connectivity index (χ2n) is 14.6. The van der Waals surface area contributed by atoms with Gasteiger partial charge in [0.2, 0.25) is 0 Å². The Balaban J connectivity index is 1.06. The first kappa shape index (κ1) is 32.0. The highest BCUT2D eigenvalue weighted by Crippen LogP contribution is 2.45. The molecule has 0 spiro atoms. The van der Waals surface area contributed by atoms with E-state index in [1.807, 2.05) is 0 Å². The van der Waals surface area contributed by atoms with Crippen molar-refractivity contribution in [2.24, 2.45) is 0 Å². The number of hydrogen-bond acceptors (Lipinski definition) is 1. The standard InChI is InChI=1S/C54H36N2/c1-3-12-37(13-4-1)41-24-22-39-23-25-43(34-46(39)33-41)42-26-27-45-36-49(31-29-44(45)32-42)55(48-30-28-38-14-7-8-15-40(38)35-48)52-20-11-21-53-54(52)50-18-9-10-19-51(50)56(53)47-16-5-2-6-17-47/h1-36H. The van der Waals surface area contributed by atoms with Crippen LogP contribution in [-0.2, 0) is 0 Å². The second-order valence-corrected chi connectivity index (χ2v) is 14.6. The fourth-order valence-corrected chi connectivity index (χ4v) is 8.57. The lowest BCUT2D eigenvalue weighted by atomic mass is 9.96. The summed E-state index contributed by atoms with van der Waals surface area (Å²) in [6.07, 6.45) is 0. The van der Waals surface area contributed by atoms with Crippen LogP contribution in [0.4, 0.5) is 17.1 Å². The molecule has 0 aliphatic rings. The molecule has 0 bridgehead atoms. The Morgan fingerprint density at radius 1 is 0.304 bits per heavy atom. The van der Waals surface area contributed by atoms with E-state index in [4.69, 9.17) is 0 Å². The number of nitrogens with zero attached hydrogens (tertiary/aromatic N) is 2. The summed E-state index contributed by atoms with van der Waals surface area (Å²) in [5.74, 6) is 0. The zero-order valence-electron chi connectivity index (χ0n) is 30.7. The van der Waals surface area contributed by atoms with Gasteiger partial charge < -0.3 is 9.47 Å². The van der Waals surface area contributed by atoms with E-state index >= 15 is 0 Å². The molecule has 1 heterocycles. The van der Waals surface area contributed by atoms with Crippen LogP contribution in [0.3, 0.4) is 0 Å². The third-order valence-corrected chi connectivity index (χ3v) is 11.3. The van der Waals surface area contributed by atoms with E-state index in [9.17, 15) is 0 Å². The zero-order valence-corrected chi connectivity index (χ0v) is 30.7. The first-order valence-electron chi connectivity index (χ1n) is 19.3. The van der Waals surface area contributed by atoms with Gasteiger partial charge in [-0.2, -0.15) is 0 Å². The summed E-state index contributed by atoms with van der Waals surface area (Å²) in [4.78, 5) is 2.44. The fraction of sp³-hybridized carbons (Fsp3) is 0. The lowest BCUT2D eigenvalue weighted by Gasteiger charge is -2.27. The smallest absolute Gasteiger partial charge is 0.0562 e. The first-order valence-corrected chi connectivity index (χ1v) is 19.3. The minimum atomic E-state index is 1.11. The van der Waals surface area contributed by atoms with Crippen LogP contribution in [0.25, 0.3) is 82.1 Å². The van der Waals surface area contributed by atoms with Gasteiger partial charge in [0, 0.05) is 27.8 Å². The van der Waals surface area contributed by atoms with Crippen molar-refractivity contribution in [1.29, 1.82) is 0 Å². The zero-order chi connectivity index (χ0) is 37.0. The van der Waals surface area contributed by atoms with Crippen molar-refractivity contribution in [2.75, 3.05) is 4.90 Å². The highest BCUT2D eigenvalue weighted by atomic mass is 15.1. The van der Waals surface area contributed by atoms with Gasteiger partial charge in [-0.3, -0.25) is 0 Å². The molecule has 0 aliphatic carbocycles. The Labute approximate surface area is 325 Å². The summed E-state index contributed by atoms with van der Waals surface area (Å²) in [6.45, 7) is 0. The van der Waals surface area contributed by atoms with Crippen LogP contribution < -0.4 is 4.90 Å². The number of hydrogen-bond donors (Lipinski definition) is 0. The minimum Gasteiger partial charge on any atom is -0.310 e. The van der Waals surface area contributed by atoms with Crippen LogP contribution in [0.15, 0.2) is 218 Å². The molecule has 1 aromatic heterocycles. The maximum absolute atomic E-state index is 2.44. The largest absolute Gasteiger partial charge is 0.310 e. The minimum absolute atomic E-state index is 1.11. The summed E-state index contributed by atoms with van der Waals surface area (Å²) in [6, 6.07) is 79.6. The quantitative estimate of drug-likeness (QED) is 0.167. The van der Waals surface area contributed by atoms with Gasteiger partial charge in [-0.15, -0.1) is 0 Å². The van der Waals surface area contributed by atoms with Gasteiger partial charge in [-0.05, 0) is 127 Å². The number of anilines is 3. The molecule has 56 heavy (non-hydrogen) atoms. The molecule has 0 amide bonds. The molecule has 0 radical (unpaired) electrons. The van der Waals surface area contributed by atoms with Crippen molar-refractivity contribution in [3.63, 3.8) is 0 Å². The van der Waals surface area contributed by atoms with Crippen LogP contribution in [0.2, 0.25) is 0 Å². The maximum Gasteiger partial charge on any atom is 0.0562 e. The Morgan fingerprint density at radius 2 is 0.804 bits per heavy atom. The predicted octanol–water partition coefficient (Wildman–Crippen LogP) is 15.0. The molecule has 10 aromatic carbocycles. The van der Waals surface area contributed by atoms with Crippen LogP contribution in [-0.4, -0.2) is 4.57 Å². The molecule has 262 valence electrons. The van der Waals surface area contributed by atoms with Gasteiger partial charge in [-0.1, -0.05) is 146 Å². The highest BCUT2D eigenvalue weighted by molar-refractivity contribution is 6.17. The molecule has 0 atom stereocenters. The van der Waals surface area contributed by atoms with Crippen molar-refractivity contribution in [3.8, 4) is 27.9 Å². The average Bonchev–Trinajstić information content (AvgIpc) is 3.61. The summed E-state index contributed by atoms with van der Waals surface area (Å²) in [5, 5.41) is 9.79. The fourth-order valence-electron chi connectivity index (χ4n) is 8.57. The van der Waals surface area contributed by atoms with Crippen LogP contribution in [0, 0.1) is 0 Å². The molecule has 0 saturated carbocycles. The Hall–Kier alpha value is -7.42. The Bertz CT molecular complexity index is 3250. The lowest BCUT2D eigenvalue weighted by molar-refractivity contribution is 1.18. The molecule has 0 unspecified atom stereocenters. The topological polar surface area (TPSA) is 8.17 Å². The van der Waals surface area contributed by atoms with Gasteiger partial charge in [0.05, 0.1) is 16.7 Å². The summed E-state index contributed by atoms with van der Waals surface area (Å²) < 4.78 is 2.39. The van der Waals surface area contributed by atoms with E-state index in [0.717, 1.165) is 22.7 Å². The van der Waals surface area contributed by atoms with E-state index in [1.165, 1.54) is 76.4 Å². The highest BCUT2D eigenvalue weighted by Gasteiger charge is 2.21. The predicted molar refractivity (Wildman–Crippen MR) is 239 cm³/mol. The van der Waals surface area contributed by atoms with Gasteiger partial charge in [0.1, 0.15) is 0 Å². The van der Waals surface area contributed by atoms with Crippen molar-refractivity contribution < 1.29 is 0 Å². The van der Waals surface area contributed by atoms with Gasteiger partial charge in [0.15, 0.2) is 0 Å². The van der Waals surface area contributed by atoms with Crippen LogP contribution in [0.1, 0.15) is 0 Å². The van der Waals surface area contributed by atoms with E-state index in [-0.39, 0.29) is 0 Å². The average molecular weight is 713 g/mol. The summed E-state index contributed by atoms with van der Waals surface area (Å²) >= 11 is 0. The Kier molecular flexibility index (Phi) is 7.53. The van der Waals surface area contributed by atoms with Gasteiger partial charge in [-0.25, -0.2) is 0 Å². The van der Waals surface area contributed by atoms with E-state index in [2.05, 4.69) is 228 Å². The van der Waals surface area contributed by atoms with Crippen molar-refractivity contribution >= 4 is 71.2 Å². The van der Waals surface area contributed by atoms with Crippen molar-refractivity contribution in [2.45, 2.75) is 0 Å². The van der Waals surface area contributed by atoms with E-state index < -0.39 is 0 Å². The Morgan fingerprint density at radius 3 is 1.55 bits per heavy atom. The molecule has 11 rings (SSSR count). The van der Waals surface area contributed by atoms with Crippen LogP contribution in [0.5, 0.6) is 0 Å². The van der Waals surface area contributed by atoms with Gasteiger partial charge >= 0.3 is 0 Å². The third-order valence-electron chi connectivity index (χ3n) is 11.3. The maximum atomic E-state index is 2.44. The molecular formula is C54H36N2. The molecule has 0 saturated heterocycles. The number of rotatable bonds is 6. The first-order chi connectivity index (χ1) is 27.7. The molecule has 0 aliphatic heterocycles. The third kappa shape index (κ3) is 5.42. The van der Waals surface area contributed by atoms with Gasteiger partial charge in [0.25, 0.3) is 0 Å². The molecule has 11 aromatic rings. The molecule has 0 N–H and O–H groups in total. The normalized spacial score (nSPS) is 11.6. The molecule has 0 fully saturated rings. The van der Waals surface area contributed by atoms with E-state index in [0.29, 0.717) is 0 Å². The van der Waals surface area contributed by atoms with E-state index in [1.54, 1.807) is 0 Å². The monoisotopic (exact) mass is 712 g/mol. The second kappa shape index (κ2) is 13.2. The summed E-state index contributed by atoms with van der Waals surface area (Å²) in [7, 11) is 0. The van der Waals surface area contributed by atoms with Crippen LogP contribution >= 0.6 is 0 Å². The van der Waals surface area contributed by atoms with Crippen molar-refractivity contribution in [1.82, 2.24) is 4.57 Å². The molecular weight excluding hydrogens is 677 g/mol. The van der Waals surface area contributed by atoms with Crippen molar-refractivity contribution in [3.05, 3.63) is 218 Å².